The zero-order chi connectivity index (χ0) is 39.7. The van der Waals surface area contributed by atoms with E-state index in [1.807, 2.05) is 0 Å². The standard InChI is InChI=1S/C48H88N8.2Li.2H/c1-45(2,3)33-31-32(34(46(4,5)6)36(48(10,11)12)35(33)47(7,8)9)44-55-42-30-24-18-16-22-28(30)40(53-42)51-38-26-20-14-13-19-25(26)37(49-38)50-39-27-21-15-17-23-29(27)41(52-39)54-43(31)56-44;;;;/h25-44,49-56H,13-24H2,1-12H3;;;;/q;2*+1;2*-1. The van der Waals surface area contributed by atoms with E-state index in [0.29, 0.717) is 108 Å². The molecule has 5 heterocycles. The maximum Gasteiger partial charge on any atom is 1.00 e. The molecule has 324 valence electrons. The molecule has 9 rings (SSSR count). The molecule has 5 aliphatic heterocycles. The van der Waals surface area contributed by atoms with E-state index in [0.717, 1.165) is 0 Å². The quantitative estimate of drug-likeness (QED) is 0.177. The number of rotatable bonds is 0. The molecule has 4 saturated carbocycles. The summed E-state index contributed by atoms with van der Waals surface area (Å²) < 4.78 is 0. The monoisotopic (exact) mass is 793 g/mol. The van der Waals surface area contributed by atoms with Crippen molar-refractivity contribution in [3.63, 3.8) is 0 Å². The Hall–Kier alpha value is 0.875. The van der Waals surface area contributed by atoms with Gasteiger partial charge in [-0.2, -0.15) is 0 Å². The molecule has 5 saturated heterocycles. The van der Waals surface area contributed by atoms with Gasteiger partial charge in [-0.05, 0) is 131 Å². The average molecular weight is 793 g/mol. The Labute approximate surface area is 383 Å². The fourth-order valence-electron chi connectivity index (χ4n) is 16.6. The largest absolute Gasteiger partial charge is 1.00 e. The third-order valence-electron chi connectivity index (χ3n) is 18.3. The van der Waals surface area contributed by atoms with Crippen molar-refractivity contribution in [2.24, 2.45) is 92.7 Å². The summed E-state index contributed by atoms with van der Waals surface area (Å²) in [4.78, 5) is 0. The van der Waals surface area contributed by atoms with Crippen molar-refractivity contribution in [1.82, 2.24) is 42.5 Å². The van der Waals surface area contributed by atoms with Crippen LogP contribution in [0.2, 0.25) is 0 Å². The molecule has 0 amide bonds. The molecule has 8 bridgehead atoms. The predicted octanol–water partition coefficient (Wildman–Crippen LogP) is 1.93. The van der Waals surface area contributed by atoms with Gasteiger partial charge < -0.3 is 2.85 Å². The van der Waals surface area contributed by atoms with Gasteiger partial charge in [0.25, 0.3) is 0 Å². The topological polar surface area (TPSA) is 96.2 Å². The van der Waals surface area contributed by atoms with Crippen molar-refractivity contribution < 1.29 is 40.6 Å². The van der Waals surface area contributed by atoms with Crippen LogP contribution in [0.4, 0.5) is 0 Å². The van der Waals surface area contributed by atoms with Crippen LogP contribution in [0.1, 0.15) is 163 Å². The van der Waals surface area contributed by atoms with Gasteiger partial charge >= 0.3 is 37.7 Å². The Morgan fingerprint density at radius 1 is 0.276 bits per heavy atom. The van der Waals surface area contributed by atoms with Gasteiger partial charge in [0.1, 0.15) is 0 Å². The van der Waals surface area contributed by atoms with Gasteiger partial charge in [0.2, 0.25) is 0 Å². The normalized spacial score (nSPS) is 49.4. The van der Waals surface area contributed by atoms with Crippen molar-refractivity contribution in [3.05, 3.63) is 0 Å². The molecule has 58 heavy (non-hydrogen) atoms. The van der Waals surface area contributed by atoms with E-state index in [4.69, 9.17) is 0 Å². The molecule has 9 fully saturated rings. The van der Waals surface area contributed by atoms with Gasteiger partial charge in [0.15, 0.2) is 0 Å². The summed E-state index contributed by atoms with van der Waals surface area (Å²) in [5, 5.41) is 35.4. The Morgan fingerprint density at radius 3 is 0.638 bits per heavy atom. The van der Waals surface area contributed by atoms with Crippen LogP contribution < -0.4 is 80.3 Å². The Kier molecular flexibility index (Phi) is 13.8. The zero-order valence-electron chi connectivity index (χ0n) is 42.0. The van der Waals surface area contributed by atoms with Gasteiger partial charge in [-0.3, -0.25) is 42.5 Å². The van der Waals surface area contributed by atoms with E-state index in [1.165, 1.54) is 77.0 Å². The zero-order valence-corrected chi connectivity index (χ0v) is 40.0. The Bertz CT molecular complexity index is 1310. The molecule has 8 nitrogen and oxygen atoms in total. The second-order valence-electron chi connectivity index (χ2n) is 25.7. The third-order valence-corrected chi connectivity index (χ3v) is 18.3. The molecule has 20 atom stereocenters. The molecule has 10 heteroatoms. The van der Waals surface area contributed by atoms with E-state index in [2.05, 4.69) is 126 Å². The van der Waals surface area contributed by atoms with Gasteiger partial charge in [-0.25, -0.2) is 0 Å². The first kappa shape index (κ1) is 46.9. The SMILES string of the molecule is CC(C)(C)C1C2C3NC4NC(NC5NC(NC6NC(NC(N3)C2C(C(C)(C)C)C(C(C)(C)C)C1C(C)(C)C)C1CCCCC61)C1CCCCC51)C1CCCCC41.[H-].[H-].[Li+].[Li+]. The van der Waals surface area contributed by atoms with E-state index >= 15 is 0 Å². The molecule has 20 unspecified atom stereocenters. The fraction of sp³-hybridized carbons (Fsp3) is 1.00. The third kappa shape index (κ3) is 8.34. The van der Waals surface area contributed by atoms with Crippen molar-refractivity contribution >= 4 is 0 Å². The van der Waals surface area contributed by atoms with E-state index in [1.54, 1.807) is 0 Å². The van der Waals surface area contributed by atoms with Crippen molar-refractivity contribution in [2.45, 2.75) is 209 Å². The first-order chi connectivity index (χ1) is 26.3. The molecule has 8 N–H and O–H groups in total. The van der Waals surface area contributed by atoms with Gasteiger partial charge in [0.05, 0.1) is 49.3 Å². The molecule has 4 aliphatic carbocycles. The minimum atomic E-state index is 0. The van der Waals surface area contributed by atoms with Crippen LogP contribution in [-0.2, 0) is 0 Å². The smallest absolute Gasteiger partial charge is 1.00 e. The van der Waals surface area contributed by atoms with E-state index < -0.39 is 0 Å². The Balaban J connectivity index is 0.00000171. The summed E-state index contributed by atoms with van der Waals surface area (Å²) in [7, 11) is 0. The summed E-state index contributed by atoms with van der Waals surface area (Å²) in [5.74, 6) is 7.49. The second-order valence-corrected chi connectivity index (χ2v) is 25.7. The number of nitrogens with one attached hydrogen (secondary N) is 8. The Morgan fingerprint density at radius 2 is 0.448 bits per heavy atom. The van der Waals surface area contributed by atoms with Crippen LogP contribution in [-0.4, -0.2) is 49.3 Å². The van der Waals surface area contributed by atoms with E-state index in [9.17, 15) is 0 Å². The molecule has 0 radical (unpaired) electrons. The van der Waals surface area contributed by atoms with Crippen LogP contribution in [0.25, 0.3) is 0 Å². The number of hydrogen-bond donors (Lipinski definition) is 8. The van der Waals surface area contributed by atoms with Crippen LogP contribution >= 0.6 is 0 Å². The van der Waals surface area contributed by atoms with Crippen LogP contribution in [0, 0.1) is 92.7 Å². The van der Waals surface area contributed by atoms with Crippen LogP contribution in [0.3, 0.4) is 0 Å². The van der Waals surface area contributed by atoms with Gasteiger partial charge in [0, 0.05) is 0 Å². The van der Waals surface area contributed by atoms with Crippen molar-refractivity contribution in [3.8, 4) is 0 Å². The average Bonchev–Trinajstić information content (AvgIpc) is 3.84. The van der Waals surface area contributed by atoms with Crippen LogP contribution in [0.15, 0.2) is 0 Å². The van der Waals surface area contributed by atoms with Crippen molar-refractivity contribution in [1.29, 1.82) is 0 Å². The van der Waals surface area contributed by atoms with Gasteiger partial charge in [-0.15, -0.1) is 0 Å². The minimum absolute atomic E-state index is 0. The first-order valence-electron chi connectivity index (χ1n) is 24.4. The van der Waals surface area contributed by atoms with Crippen LogP contribution in [0.5, 0.6) is 0 Å². The summed E-state index contributed by atoms with van der Waals surface area (Å²) >= 11 is 0. The number of fused-ring (bicyclic) bond motifs is 20. The molecular weight excluding hydrogens is 702 g/mol. The summed E-state index contributed by atoms with van der Waals surface area (Å²) in [6.45, 7) is 31.2. The number of hydrogen-bond acceptors (Lipinski definition) is 8. The summed E-state index contributed by atoms with van der Waals surface area (Å²) in [6.07, 6.45) is 18.9. The van der Waals surface area contributed by atoms with E-state index in [-0.39, 0.29) is 74.6 Å². The summed E-state index contributed by atoms with van der Waals surface area (Å²) in [5.41, 5.74) is 0.712. The maximum atomic E-state index is 4.56. The van der Waals surface area contributed by atoms with Gasteiger partial charge in [-0.1, -0.05) is 122 Å². The molecule has 9 aliphatic rings. The summed E-state index contributed by atoms with van der Waals surface area (Å²) in [6, 6.07) is 0. The molecule has 0 aromatic heterocycles. The minimum Gasteiger partial charge on any atom is -1.00 e. The predicted molar refractivity (Wildman–Crippen MR) is 233 cm³/mol. The molecular formula is C48H90Li2N8. The molecule has 0 spiro atoms. The molecule has 0 aromatic rings. The fourth-order valence-corrected chi connectivity index (χ4v) is 16.6. The second kappa shape index (κ2) is 17.0. The molecule has 0 aromatic carbocycles. The van der Waals surface area contributed by atoms with Crippen molar-refractivity contribution in [2.75, 3.05) is 0 Å². The first-order valence-corrected chi connectivity index (χ1v) is 24.4. The maximum absolute atomic E-state index is 4.56.